The minimum atomic E-state index is -0.00444. The zero-order valence-corrected chi connectivity index (χ0v) is 7.45. The first-order valence-electron chi connectivity index (χ1n) is 3.84. The van der Waals surface area contributed by atoms with Gasteiger partial charge in [-0.05, 0) is 13.0 Å². The molecule has 2 atom stereocenters. The first kappa shape index (κ1) is 10.4. The molecule has 0 saturated heterocycles. The molecule has 64 valence electrons. The monoisotopic (exact) mass is 156 g/mol. The molecule has 0 aliphatic rings. The molecule has 0 saturated carbocycles. The number of nitrogens with zero attached hydrogens (tertiary/aromatic N) is 1. The Morgan fingerprint density at radius 2 is 2.00 bits per heavy atom. The molecule has 2 nitrogen and oxygen atoms in total. The summed E-state index contributed by atoms with van der Waals surface area (Å²) in [7, 11) is 1.77. The summed E-state index contributed by atoms with van der Waals surface area (Å²) >= 11 is 0. The third kappa shape index (κ3) is 3.35. The van der Waals surface area contributed by atoms with E-state index in [-0.39, 0.29) is 10.7 Å². The number of likely N-dealkylation sites (N-methyl/N-ethyl adjacent to an activating group) is 1. The van der Waals surface area contributed by atoms with Crippen LogP contribution in [0.25, 0.3) is 0 Å². The molecule has 0 aliphatic heterocycles. The van der Waals surface area contributed by atoms with Gasteiger partial charge in [0.2, 0.25) is 0 Å². The van der Waals surface area contributed by atoms with Crippen molar-refractivity contribution in [3.05, 3.63) is 25.3 Å². The zero-order valence-electron chi connectivity index (χ0n) is 7.45. The van der Waals surface area contributed by atoms with E-state index in [1.54, 1.807) is 13.1 Å². The van der Waals surface area contributed by atoms with Gasteiger partial charge in [-0.1, -0.05) is 12.7 Å². The summed E-state index contributed by atoms with van der Waals surface area (Å²) in [4.78, 5) is 0. The lowest BCUT2D eigenvalue weighted by atomic mass is 10.2. The fourth-order valence-corrected chi connectivity index (χ4v) is 0.910. The Bertz CT molecular complexity index is 140. The Morgan fingerprint density at radius 3 is 2.36 bits per heavy atom. The molecule has 2 heteroatoms. The highest BCUT2D eigenvalue weighted by molar-refractivity contribution is 4.72. The fourth-order valence-electron chi connectivity index (χ4n) is 0.910. The van der Waals surface area contributed by atoms with Crippen LogP contribution in [0.1, 0.15) is 13.3 Å². The smallest absolute Gasteiger partial charge is 0.127 e. The molecule has 1 N–H and O–H groups in total. The topological polar surface area (TPSA) is 20.2 Å². The molecular weight excluding hydrogens is 138 g/mol. The van der Waals surface area contributed by atoms with Crippen LogP contribution < -0.4 is 0 Å². The molecule has 11 heavy (non-hydrogen) atoms. The van der Waals surface area contributed by atoms with Crippen molar-refractivity contribution in [3.8, 4) is 0 Å². The summed E-state index contributed by atoms with van der Waals surface area (Å²) in [5, 5.41) is 9.73. The van der Waals surface area contributed by atoms with E-state index in [9.17, 15) is 5.21 Å². The maximum absolute atomic E-state index is 9.73. The van der Waals surface area contributed by atoms with Crippen LogP contribution >= 0.6 is 0 Å². The molecule has 0 aromatic heterocycles. The van der Waals surface area contributed by atoms with Crippen molar-refractivity contribution in [3.63, 3.8) is 0 Å². The lowest BCUT2D eigenvalue weighted by Crippen LogP contribution is -2.47. The highest BCUT2D eigenvalue weighted by Crippen LogP contribution is 2.09. The summed E-state index contributed by atoms with van der Waals surface area (Å²) in [6.45, 7) is 9.78. The van der Waals surface area contributed by atoms with Gasteiger partial charge >= 0.3 is 0 Å². The lowest BCUT2D eigenvalue weighted by molar-refractivity contribution is -1.10. The van der Waals surface area contributed by atoms with Crippen LogP contribution in [0.3, 0.4) is 0 Å². The van der Waals surface area contributed by atoms with Gasteiger partial charge in [-0.3, -0.25) is 0 Å². The van der Waals surface area contributed by atoms with Crippen LogP contribution in [0.15, 0.2) is 25.3 Å². The van der Waals surface area contributed by atoms with Crippen LogP contribution in [-0.2, 0) is 0 Å². The van der Waals surface area contributed by atoms with Gasteiger partial charge in [-0.2, -0.15) is 4.65 Å². The van der Waals surface area contributed by atoms with Crippen LogP contribution in [0.2, 0.25) is 0 Å². The van der Waals surface area contributed by atoms with Crippen LogP contribution in [0, 0.1) is 0 Å². The van der Waals surface area contributed by atoms with Crippen molar-refractivity contribution < 1.29 is 9.85 Å². The number of hydroxylamine groups is 3. The van der Waals surface area contributed by atoms with E-state index in [0.717, 1.165) is 6.42 Å². The number of hydrogen-bond donors (Lipinski definition) is 1. The Labute approximate surface area is 69.0 Å². The van der Waals surface area contributed by atoms with Gasteiger partial charge in [0.1, 0.15) is 12.6 Å². The van der Waals surface area contributed by atoms with Crippen molar-refractivity contribution in [1.82, 2.24) is 0 Å². The second-order valence-corrected chi connectivity index (χ2v) is 3.06. The summed E-state index contributed by atoms with van der Waals surface area (Å²) in [5.74, 6) is 0. The molecule has 0 aromatic carbocycles. The van der Waals surface area contributed by atoms with E-state index in [0.29, 0.717) is 6.54 Å². The van der Waals surface area contributed by atoms with Gasteiger partial charge in [0.25, 0.3) is 0 Å². The molecule has 2 unspecified atom stereocenters. The van der Waals surface area contributed by atoms with Crippen molar-refractivity contribution >= 4 is 0 Å². The van der Waals surface area contributed by atoms with Crippen LogP contribution in [-0.4, -0.2) is 29.5 Å². The quantitative estimate of drug-likeness (QED) is 0.366. The maximum atomic E-state index is 9.73. The zero-order chi connectivity index (χ0) is 8.91. The van der Waals surface area contributed by atoms with Crippen molar-refractivity contribution in [1.29, 1.82) is 0 Å². The fraction of sp³-hybridized carbons (Fsp3) is 0.556. The number of hydrogen-bond acceptors (Lipinski definition) is 1. The van der Waals surface area contributed by atoms with Crippen LogP contribution in [0.4, 0.5) is 0 Å². The van der Waals surface area contributed by atoms with Crippen molar-refractivity contribution in [2.24, 2.45) is 0 Å². The minimum absolute atomic E-state index is 0.00444. The highest BCUT2D eigenvalue weighted by Gasteiger charge is 2.24. The highest BCUT2D eigenvalue weighted by atomic mass is 16.5. The number of rotatable bonds is 5. The first-order valence-corrected chi connectivity index (χ1v) is 3.84. The number of quaternary nitrogens is 1. The average molecular weight is 156 g/mol. The summed E-state index contributed by atoms with van der Waals surface area (Å²) in [6.07, 6.45) is 4.36. The summed E-state index contributed by atoms with van der Waals surface area (Å²) in [5.41, 5.74) is 0. The third-order valence-electron chi connectivity index (χ3n) is 1.96. The summed E-state index contributed by atoms with van der Waals surface area (Å²) in [6, 6.07) is 0.186. The second-order valence-electron chi connectivity index (χ2n) is 3.06. The Kier molecular flexibility index (Phi) is 4.08. The van der Waals surface area contributed by atoms with E-state index in [1.165, 1.54) is 0 Å². The van der Waals surface area contributed by atoms with Gasteiger partial charge in [-0.15, -0.1) is 6.58 Å². The van der Waals surface area contributed by atoms with Gasteiger partial charge < -0.3 is 0 Å². The third-order valence-corrected chi connectivity index (χ3v) is 1.96. The van der Waals surface area contributed by atoms with Crippen molar-refractivity contribution in [2.75, 3.05) is 13.6 Å². The molecular formula is C9H18NO+. The minimum Gasteiger partial charge on any atom is -0.217 e. The largest absolute Gasteiger partial charge is 0.217 e. The molecule has 0 rings (SSSR count). The van der Waals surface area contributed by atoms with Crippen LogP contribution in [0.5, 0.6) is 0 Å². The van der Waals surface area contributed by atoms with Gasteiger partial charge in [0.05, 0.1) is 7.05 Å². The Morgan fingerprint density at radius 1 is 1.45 bits per heavy atom. The maximum Gasteiger partial charge on any atom is 0.127 e. The molecule has 0 fully saturated rings. The van der Waals surface area contributed by atoms with E-state index < -0.39 is 0 Å². The predicted molar refractivity (Wildman–Crippen MR) is 47.3 cm³/mol. The molecule has 0 heterocycles. The van der Waals surface area contributed by atoms with Gasteiger partial charge in [0.15, 0.2) is 0 Å². The summed E-state index contributed by atoms with van der Waals surface area (Å²) < 4.78 is -0.00444. The molecule has 0 spiro atoms. The van der Waals surface area contributed by atoms with Gasteiger partial charge in [-0.25, -0.2) is 5.21 Å². The van der Waals surface area contributed by atoms with E-state index in [1.807, 2.05) is 13.0 Å². The molecule has 0 bridgehead atoms. The normalized spacial score (nSPS) is 18.5. The predicted octanol–water partition coefficient (Wildman–Crippen LogP) is 1.97. The SMILES string of the molecule is C=CCC(C)[N+](C)(O)CC=C. The van der Waals surface area contributed by atoms with E-state index >= 15 is 0 Å². The molecule has 0 amide bonds. The second kappa shape index (κ2) is 4.31. The Balaban J connectivity index is 4.03. The average Bonchev–Trinajstić information content (AvgIpc) is 1.88. The molecule has 0 aliphatic carbocycles. The van der Waals surface area contributed by atoms with E-state index in [2.05, 4.69) is 13.2 Å². The molecule has 0 radical (unpaired) electrons. The van der Waals surface area contributed by atoms with Crippen molar-refractivity contribution in [2.45, 2.75) is 19.4 Å². The lowest BCUT2D eigenvalue weighted by Gasteiger charge is -2.29. The van der Waals surface area contributed by atoms with E-state index in [4.69, 9.17) is 0 Å². The Hall–Kier alpha value is -0.600. The van der Waals surface area contributed by atoms with Gasteiger partial charge in [0, 0.05) is 6.42 Å². The molecule has 0 aromatic rings. The first-order chi connectivity index (χ1) is 5.04. The standard InChI is InChI=1S/C9H18NO/c1-5-7-9(3)10(4,11)8-6-2/h5-6,9,11H,1-2,7-8H2,3-4H3/q+1.